The van der Waals surface area contributed by atoms with Gasteiger partial charge in [0, 0.05) is 24.7 Å². The van der Waals surface area contributed by atoms with Crippen molar-refractivity contribution in [1.29, 1.82) is 0 Å². The maximum Gasteiger partial charge on any atom is 0.240 e. The number of nitrogens with zero attached hydrogens (tertiary/aromatic N) is 1. The zero-order valence-electron chi connectivity index (χ0n) is 9.62. The number of carbonyl (C=O) groups excluding carboxylic acids is 1. The van der Waals surface area contributed by atoms with Crippen molar-refractivity contribution >= 4 is 17.7 Å². The molecule has 1 rings (SSSR count). The van der Waals surface area contributed by atoms with Crippen LogP contribution in [0.5, 0.6) is 0 Å². The monoisotopic (exact) mass is 232 g/mol. The number of likely N-dealkylation sites (N-methyl/N-ethyl adjacent to an activating group) is 1. The number of hydrogen-bond acceptors (Lipinski definition) is 4. The molecule has 0 aromatic rings. The van der Waals surface area contributed by atoms with Crippen molar-refractivity contribution in [2.75, 3.05) is 24.7 Å². The maximum atomic E-state index is 12.0. The molecule has 1 fully saturated rings. The second-order valence-electron chi connectivity index (χ2n) is 4.44. The molecular formula is C10H20N2O2S. The Morgan fingerprint density at radius 2 is 2.33 bits per heavy atom. The van der Waals surface area contributed by atoms with Gasteiger partial charge in [-0.15, -0.1) is 11.8 Å². The SMILES string of the molecule is CCN(CC(C)(C)O)C(=O)C1CSCN1. The Kier molecular flexibility index (Phi) is 4.43. The van der Waals surface area contributed by atoms with Crippen LogP contribution in [0.25, 0.3) is 0 Å². The van der Waals surface area contributed by atoms with E-state index in [9.17, 15) is 9.90 Å². The lowest BCUT2D eigenvalue weighted by atomic mass is 10.1. The Labute approximate surface area is 95.4 Å². The molecule has 1 aliphatic heterocycles. The summed E-state index contributed by atoms with van der Waals surface area (Å²) in [6.45, 7) is 6.42. The van der Waals surface area contributed by atoms with Crippen LogP contribution in [0.15, 0.2) is 0 Å². The zero-order valence-corrected chi connectivity index (χ0v) is 10.4. The van der Waals surface area contributed by atoms with Crippen LogP contribution in [0.3, 0.4) is 0 Å². The molecule has 1 amide bonds. The number of rotatable bonds is 4. The van der Waals surface area contributed by atoms with E-state index in [4.69, 9.17) is 0 Å². The van der Waals surface area contributed by atoms with Crippen LogP contribution < -0.4 is 5.32 Å². The van der Waals surface area contributed by atoms with Gasteiger partial charge in [0.15, 0.2) is 0 Å². The molecule has 1 unspecified atom stereocenters. The van der Waals surface area contributed by atoms with Crippen molar-refractivity contribution in [2.24, 2.45) is 0 Å². The first-order valence-electron chi connectivity index (χ1n) is 5.26. The van der Waals surface area contributed by atoms with Gasteiger partial charge in [-0.1, -0.05) is 0 Å². The minimum Gasteiger partial charge on any atom is -0.389 e. The molecule has 4 nitrogen and oxygen atoms in total. The summed E-state index contributed by atoms with van der Waals surface area (Å²) in [4.78, 5) is 13.7. The van der Waals surface area contributed by atoms with Crippen molar-refractivity contribution < 1.29 is 9.90 Å². The van der Waals surface area contributed by atoms with Crippen LogP contribution in [0.4, 0.5) is 0 Å². The van der Waals surface area contributed by atoms with Crippen molar-refractivity contribution in [2.45, 2.75) is 32.4 Å². The molecule has 0 aromatic heterocycles. The molecule has 15 heavy (non-hydrogen) atoms. The molecule has 88 valence electrons. The topological polar surface area (TPSA) is 52.6 Å². The van der Waals surface area contributed by atoms with E-state index in [0.29, 0.717) is 13.1 Å². The van der Waals surface area contributed by atoms with E-state index < -0.39 is 5.60 Å². The highest BCUT2D eigenvalue weighted by Gasteiger charge is 2.29. The van der Waals surface area contributed by atoms with Gasteiger partial charge in [0.2, 0.25) is 5.91 Å². The summed E-state index contributed by atoms with van der Waals surface area (Å²) in [5.74, 6) is 1.78. The normalized spacial score (nSPS) is 21.7. The number of nitrogens with one attached hydrogen (secondary N) is 1. The van der Waals surface area contributed by atoms with Gasteiger partial charge < -0.3 is 10.0 Å². The average molecular weight is 232 g/mol. The van der Waals surface area contributed by atoms with Crippen LogP contribution in [-0.2, 0) is 4.79 Å². The molecule has 2 N–H and O–H groups in total. The molecule has 0 aromatic carbocycles. The lowest BCUT2D eigenvalue weighted by molar-refractivity contribution is -0.135. The smallest absolute Gasteiger partial charge is 0.240 e. The van der Waals surface area contributed by atoms with Gasteiger partial charge >= 0.3 is 0 Å². The van der Waals surface area contributed by atoms with Crippen LogP contribution in [0.1, 0.15) is 20.8 Å². The third-order valence-electron chi connectivity index (χ3n) is 2.29. The molecule has 0 aliphatic carbocycles. The van der Waals surface area contributed by atoms with Gasteiger partial charge in [0.25, 0.3) is 0 Å². The summed E-state index contributed by atoms with van der Waals surface area (Å²) in [6.07, 6.45) is 0. The lowest BCUT2D eigenvalue weighted by Gasteiger charge is -2.29. The number of aliphatic hydroxyl groups is 1. The van der Waals surface area contributed by atoms with E-state index in [1.165, 1.54) is 0 Å². The number of hydrogen-bond donors (Lipinski definition) is 2. The highest BCUT2D eigenvalue weighted by atomic mass is 32.2. The predicted octanol–water partition coefficient (Wildman–Crippen LogP) is 0.268. The van der Waals surface area contributed by atoms with E-state index in [1.807, 2.05) is 6.92 Å². The molecule has 0 saturated carbocycles. The van der Waals surface area contributed by atoms with Crippen LogP contribution >= 0.6 is 11.8 Å². The van der Waals surface area contributed by atoms with Gasteiger partial charge in [-0.05, 0) is 20.8 Å². The summed E-state index contributed by atoms with van der Waals surface area (Å²) in [5.41, 5.74) is -0.822. The zero-order chi connectivity index (χ0) is 11.5. The second-order valence-corrected chi connectivity index (χ2v) is 5.47. The molecule has 0 bridgehead atoms. The Morgan fingerprint density at radius 1 is 1.67 bits per heavy atom. The lowest BCUT2D eigenvalue weighted by Crippen LogP contribution is -2.49. The first-order chi connectivity index (χ1) is 6.94. The quantitative estimate of drug-likeness (QED) is 0.730. The minimum absolute atomic E-state index is 0.0719. The third kappa shape index (κ3) is 4.01. The van der Waals surface area contributed by atoms with E-state index >= 15 is 0 Å². The first-order valence-corrected chi connectivity index (χ1v) is 6.42. The molecule has 1 heterocycles. The van der Waals surface area contributed by atoms with Crippen molar-refractivity contribution in [3.05, 3.63) is 0 Å². The van der Waals surface area contributed by atoms with E-state index in [1.54, 1.807) is 30.5 Å². The summed E-state index contributed by atoms with van der Waals surface area (Å²) in [5, 5.41) is 12.8. The molecule has 1 saturated heterocycles. The summed E-state index contributed by atoms with van der Waals surface area (Å²) < 4.78 is 0. The molecule has 5 heteroatoms. The van der Waals surface area contributed by atoms with E-state index in [2.05, 4.69) is 5.32 Å². The third-order valence-corrected chi connectivity index (χ3v) is 3.23. The summed E-state index contributed by atoms with van der Waals surface area (Å²) in [6, 6.07) is -0.0719. The average Bonchev–Trinajstić information content (AvgIpc) is 2.64. The number of carbonyl (C=O) groups is 1. The van der Waals surface area contributed by atoms with Gasteiger partial charge in [-0.3, -0.25) is 10.1 Å². The number of thioether (sulfide) groups is 1. The molecule has 0 radical (unpaired) electrons. The molecular weight excluding hydrogens is 212 g/mol. The first kappa shape index (κ1) is 12.8. The van der Waals surface area contributed by atoms with Crippen LogP contribution in [0.2, 0.25) is 0 Å². The van der Waals surface area contributed by atoms with Crippen molar-refractivity contribution in [3.8, 4) is 0 Å². The van der Waals surface area contributed by atoms with Gasteiger partial charge in [0.1, 0.15) is 0 Å². The Morgan fingerprint density at radius 3 is 2.73 bits per heavy atom. The Hall–Kier alpha value is -0.260. The maximum absolute atomic E-state index is 12.0. The minimum atomic E-state index is -0.822. The van der Waals surface area contributed by atoms with Crippen LogP contribution in [-0.4, -0.2) is 52.3 Å². The standard InChI is InChI=1S/C10H20N2O2S/c1-4-12(6-10(2,3)14)9(13)8-5-15-7-11-8/h8,11,14H,4-7H2,1-3H3. The second kappa shape index (κ2) is 5.18. The summed E-state index contributed by atoms with van der Waals surface area (Å²) >= 11 is 1.74. The fraction of sp³-hybridized carbons (Fsp3) is 0.900. The van der Waals surface area contributed by atoms with E-state index in [-0.39, 0.29) is 11.9 Å². The number of amides is 1. The van der Waals surface area contributed by atoms with Gasteiger partial charge in [-0.2, -0.15) is 0 Å². The van der Waals surface area contributed by atoms with Crippen molar-refractivity contribution in [1.82, 2.24) is 10.2 Å². The predicted molar refractivity (Wildman–Crippen MR) is 62.8 cm³/mol. The highest BCUT2D eigenvalue weighted by Crippen LogP contribution is 2.13. The fourth-order valence-corrected chi connectivity index (χ4v) is 2.52. The van der Waals surface area contributed by atoms with Crippen LogP contribution in [0, 0.1) is 0 Å². The summed E-state index contributed by atoms with van der Waals surface area (Å²) in [7, 11) is 0. The van der Waals surface area contributed by atoms with Crippen molar-refractivity contribution in [3.63, 3.8) is 0 Å². The molecule has 1 atom stereocenters. The molecule has 1 aliphatic rings. The fourth-order valence-electron chi connectivity index (χ4n) is 1.59. The molecule has 0 spiro atoms. The van der Waals surface area contributed by atoms with E-state index in [0.717, 1.165) is 11.6 Å². The van der Waals surface area contributed by atoms with Gasteiger partial charge in [0.05, 0.1) is 11.6 Å². The Balaban J connectivity index is 2.53. The largest absolute Gasteiger partial charge is 0.389 e. The highest BCUT2D eigenvalue weighted by molar-refractivity contribution is 7.99. The Bertz CT molecular complexity index is 222. The van der Waals surface area contributed by atoms with Gasteiger partial charge in [-0.25, -0.2) is 0 Å².